The predicted molar refractivity (Wildman–Crippen MR) is 107 cm³/mol. The molecule has 1 amide bonds. The van der Waals surface area contributed by atoms with Gasteiger partial charge in [0, 0.05) is 24.7 Å². The van der Waals surface area contributed by atoms with Gasteiger partial charge in [-0.25, -0.2) is 9.97 Å². The highest BCUT2D eigenvalue weighted by Gasteiger charge is 2.24. The Morgan fingerprint density at radius 1 is 1.21 bits per heavy atom. The Hall–Kier alpha value is -3.92. The molecule has 7 heteroatoms. The van der Waals surface area contributed by atoms with Crippen molar-refractivity contribution in [2.45, 2.75) is 13.0 Å². The van der Waals surface area contributed by atoms with Gasteiger partial charge in [0.25, 0.3) is 11.5 Å². The first-order chi connectivity index (χ1) is 14.2. The van der Waals surface area contributed by atoms with Crippen molar-refractivity contribution in [1.29, 1.82) is 0 Å². The molecule has 4 rings (SSSR count). The Balaban J connectivity index is 1.62. The number of H-pyrrole nitrogens is 1. The van der Waals surface area contributed by atoms with Crippen LogP contribution in [0.1, 0.15) is 32.9 Å². The number of pyridine rings is 1. The number of aromatic nitrogens is 3. The number of ether oxygens (including phenoxy) is 1. The Labute approximate surface area is 167 Å². The molecule has 3 heterocycles. The summed E-state index contributed by atoms with van der Waals surface area (Å²) in [5.74, 6) is 6.43. The maximum absolute atomic E-state index is 13.0. The van der Waals surface area contributed by atoms with Crippen molar-refractivity contribution in [2.24, 2.45) is 0 Å². The number of amides is 1. The molecule has 0 bridgehead atoms. The Kier molecular flexibility index (Phi) is 5.08. The lowest BCUT2D eigenvalue weighted by molar-refractivity contribution is 0.0732. The molecular formula is C22H18N4O3. The SMILES string of the molecule is COc1ccc(C(=O)N2CCc3nc[nH]c(=O)c3C2)cc1C#Cc1ccccn1. The number of nitrogens with one attached hydrogen (secondary N) is 1. The standard InChI is InChI=1S/C22H18N4O3/c1-29-20-8-6-16(12-15(20)5-7-17-4-2-3-10-23-17)22(28)26-11-9-19-18(13-26)21(27)25-14-24-19/h2-4,6,8,10,12,14H,9,11,13H2,1H3,(H,24,25,27). The molecule has 29 heavy (non-hydrogen) atoms. The molecule has 1 aliphatic rings. The third kappa shape index (κ3) is 3.87. The lowest BCUT2D eigenvalue weighted by atomic mass is 10.0. The molecule has 144 valence electrons. The lowest BCUT2D eigenvalue weighted by Crippen LogP contribution is -2.39. The van der Waals surface area contributed by atoms with Crippen LogP contribution in [0.5, 0.6) is 5.75 Å². The summed E-state index contributed by atoms with van der Waals surface area (Å²) in [6, 6.07) is 10.6. The molecule has 0 saturated carbocycles. The topological polar surface area (TPSA) is 88.2 Å². The number of hydrogen-bond acceptors (Lipinski definition) is 5. The fourth-order valence-electron chi connectivity index (χ4n) is 3.22. The molecule has 0 saturated heterocycles. The summed E-state index contributed by atoms with van der Waals surface area (Å²) >= 11 is 0. The van der Waals surface area contributed by atoms with Gasteiger partial charge in [-0.3, -0.25) is 9.59 Å². The second-order valence-corrected chi connectivity index (χ2v) is 6.51. The second kappa shape index (κ2) is 7.98. The number of carbonyl (C=O) groups is 1. The van der Waals surface area contributed by atoms with Gasteiger partial charge in [0.2, 0.25) is 0 Å². The van der Waals surface area contributed by atoms with Crippen molar-refractivity contribution in [3.05, 3.63) is 87.4 Å². The van der Waals surface area contributed by atoms with Crippen LogP contribution in [0.4, 0.5) is 0 Å². The average molecular weight is 386 g/mol. The molecule has 7 nitrogen and oxygen atoms in total. The van der Waals surface area contributed by atoms with Crippen molar-refractivity contribution in [1.82, 2.24) is 19.9 Å². The van der Waals surface area contributed by atoms with Crippen molar-refractivity contribution in [3.8, 4) is 17.6 Å². The van der Waals surface area contributed by atoms with Crippen molar-refractivity contribution in [2.75, 3.05) is 13.7 Å². The molecule has 1 aromatic carbocycles. The van der Waals surface area contributed by atoms with E-state index in [4.69, 9.17) is 4.74 Å². The average Bonchev–Trinajstić information content (AvgIpc) is 2.78. The van der Waals surface area contributed by atoms with E-state index in [1.54, 1.807) is 36.4 Å². The van der Waals surface area contributed by atoms with Crippen molar-refractivity contribution < 1.29 is 9.53 Å². The largest absolute Gasteiger partial charge is 0.495 e. The zero-order valence-corrected chi connectivity index (χ0v) is 15.8. The van der Waals surface area contributed by atoms with Crippen LogP contribution >= 0.6 is 0 Å². The van der Waals surface area contributed by atoms with Gasteiger partial charge in [-0.05, 0) is 36.3 Å². The zero-order chi connectivity index (χ0) is 20.2. The number of rotatable bonds is 2. The van der Waals surface area contributed by atoms with Gasteiger partial charge in [0.05, 0.1) is 36.8 Å². The molecule has 1 aliphatic heterocycles. The molecule has 0 fully saturated rings. The number of hydrogen-bond donors (Lipinski definition) is 1. The minimum Gasteiger partial charge on any atom is -0.495 e. The van der Waals surface area contributed by atoms with Crippen LogP contribution in [-0.4, -0.2) is 39.4 Å². The third-order valence-corrected chi connectivity index (χ3v) is 4.73. The highest BCUT2D eigenvalue weighted by Crippen LogP contribution is 2.22. The number of methoxy groups -OCH3 is 1. The minimum absolute atomic E-state index is 0.164. The van der Waals surface area contributed by atoms with E-state index in [0.717, 1.165) is 5.69 Å². The van der Waals surface area contributed by atoms with Crippen molar-refractivity contribution >= 4 is 5.91 Å². The molecule has 3 aromatic rings. The van der Waals surface area contributed by atoms with Crippen LogP contribution < -0.4 is 10.3 Å². The van der Waals surface area contributed by atoms with Gasteiger partial charge in [0.15, 0.2) is 0 Å². The van der Waals surface area contributed by atoms with Gasteiger partial charge in [0.1, 0.15) is 11.4 Å². The normalized spacial score (nSPS) is 12.5. The van der Waals surface area contributed by atoms with Crippen molar-refractivity contribution in [3.63, 3.8) is 0 Å². The van der Waals surface area contributed by atoms with Crippen LogP contribution in [-0.2, 0) is 13.0 Å². The monoisotopic (exact) mass is 386 g/mol. The molecule has 0 atom stereocenters. The summed E-state index contributed by atoms with van der Waals surface area (Å²) in [5, 5.41) is 0. The summed E-state index contributed by atoms with van der Waals surface area (Å²) < 4.78 is 5.37. The maximum atomic E-state index is 13.0. The second-order valence-electron chi connectivity index (χ2n) is 6.51. The van der Waals surface area contributed by atoms with Crippen LogP contribution in [0.15, 0.2) is 53.7 Å². The van der Waals surface area contributed by atoms with Gasteiger partial charge in [-0.1, -0.05) is 12.0 Å². The van der Waals surface area contributed by atoms with E-state index in [2.05, 4.69) is 26.8 Å². The summed E-state index contributed by atoms with van der Waals surface area (Å²) in [7, 11) is 1.56. The predicted octanol–water partition coefficient (Wildman–Crippen LogP) is 1.77. The number of aromatic amines is 1. The number of nitrogens with zero attached hydrogens (tertiary/aromatic N) is 3. The van der Waals surface area contributed by atoms with E-state index >= 15 is 0 Å². The quantitative estimate of drug-likeness (QED) is 0.678. The molecule has 2 aromatic heterocycles. The number of fused-ring (bicyclic) bond motifs is 1. The smallest absolute Gasteiger partial charge is 0.255 e. The van der Waals surface area contributed by atoms with Crippen LogP contribution in [0.3, 0.4) is 0 Å². The first-order valence-electron chi connectivity index (χ1n) is 9.11. The van der Waals surface area contributed by atoms with E-state index < -0.39 is 0 Å². The first-order valence-corrected chi connectivity index (χ1v) is 9.11. The highest BCUT2D eigenvalue weighted by atomic mass is 16.5. The molecule has 0 unspecified atom stereocenters. The maximum Gasteiger partial charge on any atom is 0.255 e. The fraction of sp³-hybridized carbons (Fsp3) is 0.182. The van der Waals surface area contributed by atoms with Gasteiger partial charge in [-0.2, -0.15) is 0 Å². The molecular weight excluding hydrogens is 368 g/mol. The summed E-state index contributed by atoms with van der Waals surface area (Å²) in [6.07, 6.45) is 3.62. The first kappa shape index (κ1) is 18.4. The summed E-state index contributed by atoms with van der Waals surface area (Å²) in [5.41, 5.74) is 2.79. The van der Waals surface area contributed by atoms with E-state index in [-0.39, 0.29) is 18.0 Å². The van der Waals surface area contributed by atoms with Gasteiger partial charge >= 0.3 is 0 Å². The Bertz CT molecular complexity index is 1180. The summed E-state index contributed by atoms with van der Waals surface area (Å²) in [6.45, 7) is 0.738. The van der Waals surface area contributed by atoms with Gasteiger partial charge < -0.3 is 14.6 Å². The third-order valence-electron chi connectivity index (χ3n) is 4.73. The number of benzene rings is 1. The zero-order valence-electron chi connectivity index (χ0n) is 15.8. The van der Waals surface area contributed by atoms with E-state index in [0.29, 0.717) is 41.1 Å². The molecule has 0 aliphatic carbocycles. The number of carbonyl (C=O) groups excluding carboxylic acids is 1. The van der Waals surface area contributed by atoms with E-state index in [9.17, 15) is 9.59 Å². The van der Waals surface area contributed by atoms with Gasteiger partial charge in [-0.15, -0.1) is 0 Å². The fourth-order valence-corrected chi connectivity index (χ4v) is 3.22. The molecule has 1 N–H and O–H groups in total. The lowest BCUT2D eigenvalue weighted by Gasteiger charge is -2.27. The van der Waals surface area contributed by atoms with Crippen LogP contribution in [0.25, 0.3) is 0 Å². The molecule has 0 radical (unpaired) electrons. The summed E-state index contributed by atoms with van der Waals surface area (Å²) in [4.78, 5) is 37.7. The minimum atomic E-state index is -0.204. The van der Waals surface area contributed by atoms with Crippen LogP contribution in [0, 0.1) is 11.8 Å². The Morgan fingerprint density at radius 3 is 2.90 bits per heavy atom. The van der Waals surface area contributed by atoms with E-state index in [1.165, 1.54) is 6.33 Å². The van der Waals surface area contributed by atoms with Crippen LogP contribution in [0.2, 0.25) is 0 Å². The van der Waals surface area contributed by atoms with E-state index in [1.807, 2.05) is 18.2 Å². The Morgan fingerprint density at radius 2 is 2.10 bits per heavy atom. The molecule has 0 spiro atoms. The highest BCUT2D eigenvalue weighted by molar-refractivity contribution is 5.95.